The second kappa shape index (κ2) is 14.5. The van der Waals surface area contributed by atoms with E-state index in [2.05, 4.69) is 49.9 Å². The molecule has 1 aliphatic carbocycles. The minimum Gasteiger partial charge on any atom is -0.480 e. The van der Waals surface area contributed by atoms with Crippen LogP contribution in [0.2, 0.25) is 0 Å². The lowest BCUT2D eigenvalue weighted by atomic mass is 9.81. The third kappa shape index (κ3) is 7.88. The molecule has 3 aromatic heterocycles. The van der Waals surface area contributed by atoms with Gasteiger partial charge in [-0.25, -0.2) is 9.78 Å². The van der Waals surface area contributed by atoms with Crippen LogP contribution in [-0.2, 0) is 15.7 Å². The summed E-state index contributed by atoms with van der Waals surface area (Å²) < 4.78 is 8.36. The zero-order valence-corrected chi connectivity index (χ0v) is 30.9. The van der Waals surface area contributed by atoms with Gasteiger partial charge in [0.05, 0.1) is 6.20 Å². The molecule has 0 saturated heterocycles. The van der Waals surface area contributed by atoms with Crippen molar-refractivity contribution in [2.75, 3.05) is 43.9 Å². The smallest absolute Gasteiger partial charge is 0.320 e. The van der Waals surface area contributed by atoms with E-state index in [4.69, 9.17) is 4.74 Å². The summed E-state index contributed by atoms with van der Waals surface area (Å²) in [4.78, 5) is 48.6. The van der Waals surface area contributed by atoms with Crippen molar-refractivity contribution < 1.29 is 19.1 Å². The molecule has 5 rings (SSSR count). The van der Waals surface area contributed by atoms with Crippen LogP contribution in [0.3, 0.4) is 0 Å². The molecule has 3 heterocycles. The number of ether oxygens (including phenoxy) is 1. The van der Waals surface area contributed by atoms with Crippen molar-refractivity contribution in [1.29, 1.82) is 0 Å². The molecule has 13 nitrogen and oxygen atoms in total. The van der Waals surface area contributed by atoms with Gasteiger partial charge in [0.2, 0.25) is 5.95 Å². The largest absolute Gasteiger partial charge is 0.480 e. The molecule has 4 aromatic rings. The molecule has 0 aliphatic heterocycles. The number of urea groups is 1. The molecule has 0 fully saturated rings. The highest BCUT2D eigenvalue weighted by molar-refractivity contribution is 5.97. The van der Waals surface area contributed by atoms with Gasteiger partial charge in [0.25, 0.3) is 5.91 Å². The van der Waals surface area contributed by atoms with Gasteiger partial charge < -0.3 is 30.5 Å². The maximum atomic E-state index is 13.6. The molecule has 3 N–H and O–H groups in total. The van der Waals surface area contributed by atoms with Crippen molar-refractivity contribution >= 4 is 35.5 Å². The Kier molecular flexibility index (Phi) is 10.5. The first kappa shape index (κ1) is 37.0. The molecule has 0 saturated carbocycles. The van der Waals surface area contributed by atoms with Crippen LogP contribution >= 0.6 is 0 Å². The van der Waals surface area contributed by atoms with Crippen LogP contribution in [0, 0.1) is 0 Å². The number of hydrogen-bond donors (Lipinski definition) is 3. The average molecular weight is 696 g/mol. The number of rotatable bonds is 12. The minimum atomic E-state index is -1.48. The van der Waals surface area contributed by atoms with E-state index in [9.17, 15) is 14.4 Å². The number of aromatic nitrogens is 4. The lowest BCUT2D eigenvalue weighted by Gasteiger charge is -2.34. The molecule has 0 unspecified atom stereocenters. The molecular weight excluding hydrogens is 646 g/mol. The molecule has 1 aromatic carbocycles. The molecule has 270 valence electrons. The van der Waals surface area contributed by atoms with Crippen LogP contribution in [0.25, 0.3) is 5.65 Å². The van der Waals surface area contributed by atoms with E-state index >= 15 is 0 Å². The molecule has 0 radical (unpaired) electrons. The van der Waals surface area contributed by atoms with Crippen LogP contribution in [0.5, 0.6) is 5.75 Å². The maximum absolute atomic E-state index is 13.6. The number of fused-ring (bicyclic) bond motifs is 2. The summed E-state index contributed by atoms with van der Waals surface area (Å²) in [7, 11) is 3.90. The minimum absolute atomic E-state index is 0.175. The molecule has 3 amide bonds. The highest BCUT2D eigenvalue weighted by Crippen LogP contribution is 2.37. The second-order valence-electron chi connectivity index (χ2n) is 14.6. The van der Waals surface area contributed by atoms with Crippen LogP contribution in [-0.4, -0.2) is 82.0 Å². The third-order valence-electron chi connectivity index (χ3n) is 9.40. The summed E-state index contributed by atoms with van der Waals surface area (Å²) in [6.45, 7) is 16.1. The van der Waals surface area contributed by atoms with Gasteiger partial charge in [0.1, 0.15) is 23.1 Å². The Morgan fingerprint density at radius 1 is 1.02 bits per heavy atom. The number of likely N-dealkylation sites (N-methyl/N-ethyl adjacent to an activating group) is 1. The number of amides is 3. The van der Waals surface area contributed by atoms with Gasteiger partial charge in [0.15, 0.2) is 11.9 Å². The van der Waals surface area contributed by atoms with Crippen LogP contribution in [0.15, 0.2) is 66.9 Å². The van der Waals surface area contributed by atoms with Crippen molar-refractivity contribution in [3.63, 3.8) is 0 Å². The SMILES string of the molecule is CCN(CC)c1nnc2ccc(O[C@@H]3C=C[C@](C=O)(NC(=O)Nc4cc(C(=O)NCC(C)(C)N(C)C)nc(C(C)(C)C)c4)c4ccccc43)cn12. The number of carbonyl (C=O) groups excluding carboxylic acids is 3. The Labute approximate surface area is 299 Å². The Hall–Kier alpha value is -5.30. The normalized spacial score (nSPS) is 17.2. The van der Waals surface area contributed by atoms with Crippen molar-refractivity contribution in [3.8, 4) is 5.75 Å². The predicted octanol–water partition coefficient (Wildman–Crippen LogP) is 5.24. The number of pyridine rings is 2. The third-order valence-corrected chi connectivity index (χ3v) is 9.40. The first-order valence-corrected chi connectivity index (χ1v) is 17.2. The lowest BCUT2D eigenvalue weighted by molar-refractivity contribution is -0.111. The van der Waals surface area contributed by atoms with Crippen molar-refractivity contribution in [3.05, 3.63) is 89.4 Å². The predicted molar refractivity (Wildman–Crippen MR) is 198 cm³/mol. The topological polar surface area (TPSA) is 146 Å². The number of anilines is 2. The number of nitrogens with one attached hydrogen (secondary N) is 3. The number of carbonyl (C=O) groups is 3. The fourth-order valence-electron chi connectivity index (χ4n) is 5.69. The van der Waals surface area contributed by atoms with Crippen molar-refractivity contribution in [2.45, 2.75) is 71.1 Å². The first-order valence-electron chi connectivity index (χ1n) is 17.2. The highest BCUT2D eigenvalue weighted by Gasteiger charge is 2.38. The summed E-state index contributed by atoms with van der Waals surface area (Å²) >= 11 is 0. The van der Waals surface area contributed by atoms with Gasteiger partial charge in [-0.3, -0.25) is 14.0 Å². The zero-order chi connectivity index (χ0) is 37.1. The van der Waals surface area contributed by atoms with E-state index in [-0.39, 0.29) is 17.1 Å². The Morgan fingerprint density at radius 3 is 2.41 bits per heavy atom. The van der Waals surface area contributed by atoms with Gasteiger partial charge in [0, 0.05) is 47.5 Å². The van der Waals surface area contributed by atoms with Crippen LogP contribution < -0.4 is 25.6 Å². The number of aldehydes is 1. The van der Waals surface area contributed by atoms with Gasteiger partial charge in [-0.2, -0.15) is 0 Å². The molecule has 2 atom stereocenters. The number of nitrogens with zero attached hydrogens (tertiary/aromatic N) is 6. The molecule has 1 aliphatic rings. The van der Waals surface area contributed by atoms with Gasteiger partial charge in [-0.15, -0.1) is 10.2 Å². The molecule has 0 spiro atoms. The van der Waals surface area contributed by atoms with Crippen molar-refractivity contribution in [2.24, 2.45) is 0 Å². The molecule has 0 bridgehead atoms. The Balaban J connectivity index is 1.39. The Morgan fingerprint density at radius 2 is 1.75 bits per heavy atom. The average Bonchev–Trinajstić information content (AvgIpc) is 3.51. The van der Waals surface area contributed by atoms with E-state index in [0.717, 1.165) is 24.6 Å². The van der Waals surface area contributed by atoms with Crippen LogP contribution in [0.4, 0.5) is 16.4 Å². The van der Waals surface area contributed by atoms with E-state index in [1.54, 1.807) is 24.3 Å². The number of hydrogen-bond acceptors (Lipinski definition) is 9. The zero-order valence-electron chi connectivity index (χ0n) is 30.9. The molecule has 13 heteroatoms. The lowest BCUT2D eigenvalue weighted by Crippen LogP contribution is -2.49. The monoisotopic (exact) mass is 695 g/mol. The van der Waals surface area contributed by atoms with Gasteiger partial charge >= 0.3 is 6.03 Å². The van der Waals surface area contributed by atoms with E-state index in [1.165, 1.54) is 6.07 Å². The van der Waals surface area contributed by atoms with Crippen molar-refractivity contribution in [1.82, 2.24) is 35.1 Å². The summed E-state index contributed by atoms with van der Waals surface area (Å²) in [5.41, 5.74) is 0.985. The van der Waals surface area contributed by atoms with Gasteiger partial charge in [-0.05, 0) is 83.8 Å². The summed E-state index contributed by atoms with van der Waals surface area (Å²) in [5.74, 6) is 0.953. The van der Waals surface area contributed by atoms with E-state index in [0.29, 0.717) is 41.2 Å². The van der Waals surface area contributed by atoms with E-state index < -0.39 is 23.1 Å². The fourth-order valence-corrected chi connectivity index (χ4v) is 5.69. The molecular formula is C38H49N9O4. The Bertz CT molecular complexity index is 1940. The standard InChI is InChI=1S/C38H49N9O4/c1-10-46(11-2)35-44-43-32-17-16-26(22-47(32)35)51-30-18-19-38(24-48,28-15-13-12-14-27(28)30)42-34(50)40-25-20-29(41-31(21-25)36(3,4)5)33(49)39-23-37(6,7)45(8)9/h12-22,24,30H,10-11,23H2,1-9H3,(H,39,49)(H2,40,41,42,50)/t30-,38-/m1/s1. The maximum Gasteiger partial charge on any atom is 0.320 e. The molecule has 51 heavy (non-hydrogen) atoms. The summed E-state index contributed by atoms with van der Waals surface area (Å²) in [5, 5.41) is 17.3. The second-order valence-corrected chi connectivity index (χ2v) is 14.6. The first-order chi connectivity index (χ1) is 24.1. The van der Waals surface area contributed by atoms with Crippen LogP contribution in [0.1, 0.15) is 81.9 Å². The number of benzene rings is 1. The quantitative estimate of drug-likeness (QED) is 0.134. The highest BCUT2D eigenvalue weighted by atomic mass is 16.5. The fraction of sp³-hybridized carbons (Fsp3) is 0.421. The summed E-state index contributed by atoms with van der Waals surface area (Å²) in [6, 6.07) is 13.7. The van der Waals surface area contributed by atoms with E-state index in [1.807, 2.05) is 94.5 Å². The summed E-state index contributed by atoms with van der Waals surface area (Å²) in [6.07, 6.45) is 5.42. The van der Waals surface area contributed by atoms with Gasteiger partial charge in [-0.1, -0.05) is 45.0 Å².